The highest BCUT2D eigenvalue weighted by Crippen LogP contribution is 2.37. The van der Waals surface area contributed by atoms with E-state index >= 15 is 0 Å². The Labute approximate surface area is 107 Å². The van der Waals surface area contributed by atoms with Gasteiger partial charge in [-0.05, 0) is 25.3 Å². The lowest BCUT2D eigenvalue weighted by Gasteiger charge is -2.10. The lowest BCUT2D eigenvalue weighted by molar-refractivity contribution is 0.0905. The first-order valence-corrected chi connectivity index (χ1v) is 6.50. The number of nitrogens with zero attached hydrogens (tertiary/aromatic N) is 2. The minimum Gasteiger partial charge on any atom is -0.391 e. The van der Waals surface area contributed by atoms with E-state index in [1.54, 1.807) is 12.3 Å². The van der Waals surface area contributed by atoms with Crippen molar-refractivity contribution in [2.24, 2.45) is 0 Å². The minimum atomic E-state index is -0.483. The Morgan fingerprint density at radius 3 is 3.06 bits per heavy atom. The largest absolute Gasteiger partial charge is 0.391 e. The highest BCUT2D eigenvalue weighted by Gasteiger charge is 2.27. The summed E-state index contributed by atoms with van der Waals surface area (Å²) < 4.78 is 0. The van der Waals surface area contributed by atoms with Gasteiger partial charge >= 0.3 is 0 Å². The van der Waals surface area contributed by atoms with Gasteiger partial charge in [0.25, 0.3) is 5.91 Å². The first kappa shape index (κ1) is 13.0. The summed E-state index contributed by atoms with van der Waals surface area (Å²) in [6.07, 6.45) is 4.95. The summed E-state index contributed by atoms with van der Waals surface area (Å²) in [5.41, 5.74) is 0.385. The van der Waals surface area contributed by atoms with Crippen molar-refractivity contribution in [3.05, 3.63) is 23.8 Å². The van der Waals surface area contributed by atoms with Crippen LogP contribution >= 0.6 is 0 Å². The summed E-state index contributed by atoms with van der Waals surface area (Å²) in [5.74, 6) is 0.953. The van der Waals surface area contributed by atoms with Gasteiger partial charge in [-0.3, -0.25) is 4.79 Å². The SMILES string of the molecule is CCCC(O)CNC(=O)c1ccnc(C2CC2)n1. The Morgan fingerprint density at radius 1 is 1.61 bits per heavy atom. The molecule has 1 amide bonds. The summed E-state index contributed by atoms with van der Waals surface area (Å²) >= 11 is 0. The van der Waals surface area contributed by atoms with Crippen LogP contribution in [-0.2, 0) is 0 Å². The molecule has 1 fully saturated rings. The van der Waals surface area contributed by atoms with Gasteiger partial charge in [-0.25, -0.2) is 9.97 Å². The van der Waals surface area contributed by atoms with Crippen LogP contribution < -0.4 is 5.32 Å². The monoisotopic (exact) mass is 249 g/mol. The first-order chi connectivity index (χ1) is 8.70. The summed E-state index contributed by atoms with van der Waals surface area (Å²) in [6.45, 7) is 2.27. The van der Waals surface area contributed by atoms with Crippen molar-refractivity contribution in [3.63, 3.8) is 0 Å². The zero-order valence-electron chi connectivity index (χ0n) is 10.6. The number of nitrogens with one attached hydrogen (secondary N) is 1. The summed E-state index contributed by atoms with van der Waals surface area (Å²) in [5, 5.41) is 12.2. The molecule has 18 heavy (non-hydrogen) atoms. The molecular weight excluding hydrogens is 230 g/mol. The van der Waals surface area contributed by atoms with Gasteiger partial charge in [0.1, 0.15) is 11.5 Å². The third-order valence-corrected chi connectivity index (χ3v) is 2.97. The maximum Gasteiger partial charge on any atom is 0.270 e. The van der Waals surface area contributed by atoms with Crippen molar-refractivity contribution in [1.29, 1.82) is 0 Å². The molecule has 5 heteroatoms. The molecule has 1 saturated carbocycles. The fourth-order valence-corrected chi connectivity index (χ4v) is 1.77. The summed E-state index contributed by atoms with van der Waals surface area (Å²) in [7, 11) is 0. The Morgan fingerprint density at radius 2 is 2.39 bits per heavy atom. The van der Waals surface area contributed by atoms with Gasteiger partial charge in [0.15, 0.2) is 0 Å². The van der Waals surface area contributed by atoms with Crippen molar-refractivity contribution in [2.75, 3.05) is 6.54 Å². The van der Waals surface area contributed by atoms with E-state index in [4.69, 9.17) is 0 Å². The number of aliphatic hydroxyl groups excluding tert-OH is 1. The number of aliphatic hydroxyl groups is 1. The molecule has 0 saturated heterocycles. The zero-order valence-corrected chi connectivity index (χ0v) is 10.6. The fourth-order valence-electron chi connectivity index (χ4n) is 1.77. The topological polar surface area (TPSA) is 75.1 Å². The molecule has 98 valence electrons. The third-order valence-electron chi connectivity index (χ3n) is 2.97. The molecule has 1 unspecified atom stereocenters. The molecule has 1 aromatic rings. The van der Waals surface area contributed by atoms with Gasteiger partial charge in [-0.2, -0.15) is 0 Å². The van der Waals surface area contributed by atoms with E-state index < -0.39 is 6.10 Å². The van der Waals surface area contributed by atoms with Crippen molar-refractivity contribution < 1.29 is 9.90 Å². The number of carbonyl (C=O) groups is 1. The van der Waals surface area contributed by atoms with Crippen LogP contribution in [0.15, 0.2) is 12.3 Å². The minimum absolute atomic E-state index is 0.241. The average molecular weight is 249 g/mol. The number of rotatable bonds is 6. The molecule has 0 aliphatic heterocycles. The normalized spacial score (nSPS) is 16.3. The van der Waals surface area contributed by atoms with Gasteiger partial charge in [-0.1, -0.05) is 13.3 Å². The third kappa shape index (κ3) is 3.50. The van der Waals surface area contributed by atoms with E-state index in [1.165, 1.54) is 0 Å². The van der Waals surface area contributed by atoms with E-state index in [2.05, 4.69) is 15.3 Å². The Kier molecular flexibility index (Phi) is 4.25. The first-order valence-electron chi connectivity index (χ1n) is 6.50. The molecule has 1 aliphatic carbocycles. The zero-order chi connectivity index (χ0) is 13.0. The van der Waals surface area contributed by atoms with Crippen LogP contribution in [0.3, 0.4) is 0 Å². The molecule has 0 aromatic carbocycles. The number of hydrogen-bond donors (Lipinski definition) is 2. The van der Waals surface area contributed by atoms with Crippen molar-refractivity contribution in [3.8, 4) is 0 Å². The van der Waals surface area contributed by atoms with Crippen molar-refractivity contribution in [2.45, 2.75) is 44.6 Å². The van der Waals surface area contributed by atoms with Crippen LogP contribution in [0.1, 0.15) is 54.8 Å². The van der Waals surface area contributed by atoms with E-state index in [1.807, 2.05) is 6.92 Å². The lowest BCUT2D eigenvalue weighted by atomic mass is 10.2. The second-order valence-corrected chi connectivity index (χ2v) is 4.73. The number of amides is 1. The molecule has 1 aromatic heterocycles. The van der Waals surface area contributed by atoms with Gasteiger partial charge in [-0.15, -0.1) is 0 Å². The maximum atomic E-state index is 11.8. The smallest absolute Gasteiger partial charge is 0.270 e. The number of carbonyl (C=O) groups excluding carboxylic acids is 1. The highest BCUT2D eigenvalue weighted by atomic mass is 16.3. The second kappa shape index (κ2) is 5.91. The van der Waals surface area contributed by atoms with Gasteiger partial charge in [0.05, 0.1) is 6.10 Å². The molecule has 1 heterocycles. The molecular formula is C13H19N3O2. The molecule has 1 aliphatic rings. The van der Waals surface area contributed by atoms with Gasteiger partial charge < -0.3 is 10.4 Å². The molecule has 2 N–H and O–H groups in total. The summed E-state index contributed by atoms with van der Waals surface area (Å²) in [4.78, 5) is 20.3. The van der Waals surface area contributed by atoms with Crippen LogP contribution in [0, 0.1) is 0 Å². The Bertz CT molecular complexity index is 418. The quantitative estimate of drug-likeness (QED) is 0.795. The van der Waals surface area contributed by atoms with E-state index in [-0.39, 0.29) is 12.5 Å². The van der Waals surface area contributed by atoms with Gasteiger partial charge in [0.2, 0.25) is 0 Å². The van der Waals surface area contributed by atoms with Crippen LogP contribution in [0.5, 0.6) is 0 Å². The van der Waals surface area contributed by atoms with Crippen LogP contribution in [-0.4, -0.2) is 33.6 Å². The van der Waals surface area contributed by atoms with Gasteiger partial charge in [0, 0.05) is 18.7 Å². The summed E-state index contributed by atoms with van der Waals surface area (Å²) in [6, 6.07) is 1.60. The maximum absolute atomic E-state index is 11.8. The number of hydrogen-bond acceptors (Lipinski definition) is 4. The standard InChI is InChI=1S/C13H19N3O2/c1-2-3-10(17)8-15-13(18)11-6-7-14-12(16-11)9-4-5-9/h6-7,9-10,17H,2-5,8H2,1H3,(H,15,18). The molecule has 5 nitrogen and oxygen atoms in total. The van der Waals surface area contributed by atoms with Crippen LogP contribution in [0.25, 0.3) is 0 Å². The predicted octanol–water partition coefficient (Wildman–Crippen LogP) is 1.24. The lowest BCUT2D eigenvalue weighted by Crippen LogP contribution is -2.32. The average Bonchev–Trinajstić information content (AvgIpc) is 3.21. The molecule has 2 rings (SSSR count). The molecule has 0 bridgehead atoms. The van der Waals surface area contributed by atoms with E-state index in [9.17, 15) is 9.90 Å². The predicted molar refractivity (Wildman–Crippen MR) is 67.3 cm³/mol. The molecule has 0 spiro atoms. The highest BCUT2D eigenvalue weighted by molar-refractivity contribution is 5.92. The van der Waals surface area contributed by atoms with Crippen molar-refractivity contribution in [1.82, 2.24) is 15.3 Å². The Balaban J connectivity index is 1.89. The second-order valence-electron chi connectivity index (χ2n) is 4.73. The Hall–Kier alpha value is -1.49. The van der Waals surface area contributed by atoms with E-state index in [0.717, 1.165) is 25.1 Å². The number of aromatic nitrogens is 2. The fraction of sp³-hybridized carbons (Fsp3) is 0.615. The molecule has 1 atom stereocenters. The van der Waals surface area contributed by atoms with Crippen LogP contribution in [0.4, 0.5) is 0 Å². The van der Waals surface area contributed by atoms with E-state index in [0.29, 0.717) is 18.0 Å². The molecule has 0 radical (unpaired) electrons. The van der Waals surface area contributed by atoms with Crippen molar-refractivity contribution >= 4 is 5.91 Å². The van der Waals surface area contributed by atoms with Crippen LogP contribution in [0.2, 0.25) is 0 Å².